The molecule has 0 spiro atoms. The van der Waals surface area contributed by atoms with E-state index in [0.717, 1.165) is 27.1 Å². The molecule has 0 saturated heterocycles. The van der Waals surface area contributed by atoms with Crippen molar-refractivity contribution < 1.29 is 4.79 Å². The van der Waals surface area contributed by atoms with Crippen molar-refractivity contribution in [2.45, 2.75) is 18.1 Å². The minimum atomic E-state index is -0.0569. The number of aromatic nitrogens is 3. The summed E-state index contributed by atoms with van der Waals surface area (Å²) in [5, 5.41) is 12.5. The Morgan fingerprint density at radius 1 is 1.00 bits per heavy atom. The highest BCUT2D eigenvalue weighted by Crippen LogP contribution is 2.29. The van der Waals surface area contributed by atoms with E-state index < -0.39 is 0 Å². The fraction of sp³-hybridized carbons (Fsp3) is 0.125. The second-order valence-corrected chi connectivity index (χ2v) is 8.83. The SMILES string of the molecule is C[C@@H](NC(=O)CSc1nnc(-c2cccc(Br)c2)n1-c1ccccc1)c1ccccc1. The number of thioether (sulfide) groups is 1. The van der Waals surface area contributed by atoms with Gasteiger partial charge in [0.1, 0.15) is 0 Å². The van der Waals surface area contributed by atoms with Gasteiger partial charge in [-0.05, 0) is 36.8 Å². The third-order valence-corrected chi connectivity index (χ3v) is 6.16. The molecule has 1 heterocycles. The molecular formula is C24H21BrN4OS. The topological polar surface area (TPSA) is 59.8 Å². The average molecular weight is 493 g/mol. The van der Waals surface area contributed by atoms with Crippen LogP contribution in [0, 0.1) is 0 Å². The van der Waals surface area contributed by atoms with Crippen molar-refractivity contribution >= 4 is 33.6 Å². The maximum Gasteiger partial charge on any atom is 0.230 e. The lowest BCUT2D eigenvalue weighted by Crippen LogP contribution is -2.28. The summed E-state index contributed by atoms with van der Waals surface area (Å²) >= 11 is 4.90. The third-order valence-electron chi connectivity index (χ3n) is 4.74. The Labute approximate surface area is 194 Å². The molecule has 156 valence electrons. The highest BCUT2D eigenvalue weighted by molar-refractivity contribution is 9.10. The van der Waals surface area contributed by atoms with Gasteiger partial charge in [-0.2, -0.15) is 0 Å². The average Bonchev–Trinajstić information content (AvgIpc) is 3.23. The van der Waals surface area contributed by atoms with E-state index in [1.165, 1.54) is 11.8 Å². The molecule has 7 heteroatoms. The van der Waals surface area contributed by atoms with E-state index in [2.05, 4.69) is 31.4 Å². The van der Waals surface area contributed by atoms with Crippen LogP contribution in [0.3, 0.4) is 0 Å². The van der Waals surface area contributed by atoms with Gasteiger partial charge in [0.25, 0.3) is 0 Å². The number of hydrogen-bond donors (Lipinski definition) is 1. The summed E-state index contributed by atoms with van der Waals surface area (Å²) in [5.74, 6) is 0.932. The van der Waals surface area contributed by atoms with Crippen LogP contribution >= 0.6 is 27.7 Å². The van der Waals surface area contributed by atoms with Gasteiger partial charge < -0.3 is 5.32 Å². The molecule has 0 aliphatic carbocycles. The normalized spacial score (nSPS) is 11.8. The number of carbonyl (C=O) groups is 1. The van der Waals surface area contributed by atoms with Gasteiger partial charge in [-0.25, -0.2) is 0 Å². The minimum Gasteiger partial charge on any atom is -0.349 e. The number of nitrogens with zero attached hydrogens (tertiary/aromatic N) is 3. The van der Waals surface area contributed by atoms with E-state index >= 15 is 0 Å². The molecule has 4 rings (SSSR count). The van der Waals surface area contributed by atoms with Crippen molar-refractivity contribution in [3.05, 3.63) is 95.0 Å². The molecule has 1 atom stereocenters. The maximum atomic E-state index is 12.6. The summed E-state index contributed by atoms with van der Waals surface area (Å²) in [5.41, 5.74) is 2.97. The molecule has 0 saturated carbocycles. The summed E-state index contributed by atoms with van der Waals surface area (Å²) in [6.07, 6.45) is 0. The largest absolute Gasteiger partial charge is 0.349 e. The number of halogens is 1. The number of benzene rings is 3. The fourth-order valence-electron chi connectivity index (χ4n) is 3.23. The number of para-hydroxylation sites is 1. The molecule has 4 aromatic rings. The van der Waals surface area contributed by atoms with E-state index in [4.69, 9.17) is 0 Å². The van der Waals surface area contributed by atoms with Gasteiger partial charge in [-0.1, -0.05) is 88.4 Å². The summed E-state index contributed by atoms with van der Waals surface area (Å²) < 4.78 is 2.96. The third kappa shape index (κ3) is 5.24. The molecule has 0 unspecified atom stereocenters. The van der Waals surface area contributed by atoms with Crippen molar-refractivity contribution in [2.24, 2.45) is 0 Å². The Morgan fingerprint density at radius 3 is 2.42 bits per heavy atom. The number of carbonyl (C=O) groups excluding carboxylic acids is 1. The number of amides is 1. The van der Waals surface area contributed by atoms with Gasteiger partial charge in [0.2, 0.25) is 5.91 Å². The van der Waals surface area contributed by atoms with Crippen LogP contribution in [0.5, 0.6) is 0 Å². The molecule has 31 heavy (non-hydrogen) atoms. The molecule has 0 aliphatic heterocycles. The smallest absolute Gasteiger partial charge is 0.230 e. The van der Waals surface area contributed by atoms with Crippen molar-refractivity contribution in [3.8, 4) is 17.1 Å². The van der Waals surface area contributed by atoms with Gasteiger partial charge in [-0.15, -0.1) is 10.2 Å². The Balaban J connectivity index is 1.55. The van der Waals surface area contributed by atoms with Crippen LogP contribution in [0.1, 0.15) is 18.5 Å². The van der Waals surface area contributed by atoms with Gasteiger partial charge >= 0.3 is 0 Å². The van der Waals surface area contributed by atoms with E-state index in [1.54, 1.807) is 0 Å². The summed E-state index contributed by atoms with van der Waals surface area (Å²) in [7, 11) is 0. The molecule has 1 amide bonds. The lowest BCUT2D eigenvalue weighted by Gasteiger charge is -2.14. The zero-order valence-corrected chi connectivity index (χ0v) is 19.3. The van der Waals surface area contributed by atoms with Crippen LogP contribution in [-0.4, -0.2) is 26.4 Å². The van der Waals surface area contributed by atoms with Crippen molar-refractivity contribution in [2.75, 3.05) is 5.75 Å². The zero-order valence-electron chi connectivity index (χ0n) is 16.9. The highest BCUT2D eigenvalue weighted by Gasteiger charge is 2.18. The van der Waals surface area contributed by atoms with Crippen molar-refractivity contribution in [1.82, 2.24) is 20.1 Å². The standard InChI is InChI=1S/C24H21BrN4OS/c1-17(18-9-4-2-5-10-18)26-22(30)16-31-24-28-27-23(19-11-8-12-20(25)15-19)29(24)21-13-6-3-7-14-21/h2-15,17H,16H2,1H3,(H,26,30)/t17-/m1/s1. The van der Waals surface area contributed by atoms with Crippen LogP contribution < -0.4 is 5.32 Å². The molecule has 1 N–H and O–H groups in total. The molecule has 3 aromatic carbocycles. The van der Waals surface area contributed by atoms with E-state index in [9.17, 15) is 4.79 Å². The summed E-state index contributed by atoms with van der Waals surface area (Å²) in [4.78, 5) is 12.6. The molecule has 0 bridgehead atoms. The van der Waals surface area contributed by atoms with Gasteiger partial charge in [0.05, 0.1) is 11.8 Å². The van der Waals surface area contributed by atoms with Crippen LogP contribution in [-0.2, 0) is 4.79 Å². The van der Waals surface area contributed by atoms with Gasteiger partial charge in [0.15, 0.2) is 11.0 Å². The Kier molecular flexibility index (Phi) is 6.84. The quantitative estimate of drug-likeness (QED) is 0.337. The second-order valence-electron chi connectivity index (χ2n) is 6.98. The van der Waals surface area contributed by atoms with Gasteiger partial charge in [-0.3, -0.25) is 9.36 Å². The number of rotatable bonds is 7. The summed E-state index contributed by atoms with van der Waals surface area (Å²) in [6.45, 7) is 1.98. The molecule has 0 radical (unpaired) electrons. The predicted molar refractivity (Wildman–Crippen MR) is 128 cm³/mol. The molecule has 5 nitrogen and oxygen atoms in total. The Morgan fingerprint density at radius 2 is 1.71 bits per heavy atom. The van der Waals surface area contributed by atoms with E-state index in [-0.39, 0.29) is 17.7 Å². The first-order chi connectivity index (χ1) is 15.1. The first kappa shape index (κ1) is 21.3. The van der Waals surface area contributed by atoms with Crippen LogP contribution in [0.25, 0.3) is 17.1 Å². The lowest BCUT2D eigenvalue weighted by atomic mass is 10.1. The zero-order chi connectivity index (χ0) is 21.6. The highest BCUT2D eigenvalue weighted by atomic mass is 79.9. The first-order valence-electron chi connectivity index (χ1n) is 9.85. The second kappa shape index (κ2) is 9.94. The lowest BCUT2D eigenvalue weighted by molar-refractivity contribution is -0.119. The molecule has 0 aliphatic rings. The van der Waals surface area contributed by atoms with Crippen LogP contribution in [0.2, 0.25) is 0 Å². The predicted octanol–water partition coefficient (Wildman–Crippen LogP) is 5.67. The van der Waals surface area contributed by atoms with Crippen molar-refractivity contribution in [3.63, 3.8) is 0 Å². The van der Waals surface area contributed by atoms with E-state index in [0.29, 0.717) is 5.16 Å². The Bertz CT molecular complexity index is 1160. The van der Waals surface area contributed by atoms with E-state index in [1.807, 2.05) is 96.4 Å². The number of nitrogens with one attached hydrogen (secondary N) is 1. The molecule has 1 aromatic heterocycles. The maximum absolute atomic E-state index is 12.6. The Hall–Kier alpha value is -2.90. The van der Waals surface area contributed by atoms with Gasteiger partial charge in [0, 0.05) is 15.7 Å². The van der Waals surface area contributed by atoms with Crippen molar-refractivity contribution in [1.29, 1.82) is 0 Å². The fourth-order valence-corrected chi connectivity index (χ4v) is 4.39. The molecular weight excluding hydrogens is 472 g/mol. The minimum absolute atomic E-state index is 0.0482. The van der Waals surface area contributed by atoms with Crippen LogP contribution in [0.15, 0.2) is 94.6 Å². The van der Waals surface area contributed by atoms with Crippen LogP contribution in [0.4, 0.5) is 0 Å². The molecule has 0 fully saturated rings. The monoisotopic (exact) mass is 492 g/mol. The first-order valence-corrected chi connectivity index (χ1v) is 11.6. The number of hydrogen-bond acceptors (Lipinski definition) is 4. The summed E-state index contributed by atoms with van der Waals surface area (Å²) in [6, 6.07) is 27.7.